The van der Waals surface area contributed by atoms with Gasteiger partial charge in [-0.1, -0.05) is 31.9 Å². The fraction of sp³-hybridized carbons (Fsp3) is 0.931. The minimum atomic E-state index is -3.13. The molecular formula is C29H48N2O3S. The van der Waals surface area contributed by atoms with E-state index in [9.17, 15) is 8.42 Å². The van der Waals surface area contributed by atoms with Crippen molar-refractivity contribution in [2.24, 2.45) is 40.9 Å². The molecule has 0 radical (unpaired) electrons. The predicted molar refractivity (Wildman–Crippen MR) is 140 cm³/mol. The van der Waals surface area contributed by atoms with E-state index in [2.05, 4.69) is 37.7 Å². The molecule has 2 saturated heterocycles. The highest BCUT2D eigenvalue weighted by atomic mass is 32.2. The van der Waals surface area contributed by atoms with Gasteiger partial charge in [-0.2, -0.15) is 0 Å². The lowest BCUT2D eigenvalue weighted by Crippen LogP contribution is -2.50. The van der Waals surface area contributed by atoms with E-state index in [0.29, 0.717) is 35.3 Å². The predicted octanol–water partition coefficient (Wildman–Crippen LogP) is 5.03. The van der Waals surface area contributed by atoms with Crippen LogP contribution in [-0.2, 0) is 14.8 Å². The first-order valence-electron chi connectivity index (χ1n) is 14.6. The van der Waals surface area contributed by atoms with Gasteiger partial charge in [0.25, 0.3) is 0 Å². The van der Waals surface area contributed by atoms with Crippen LogP contribution < -0.4 is 10.0 Å². The molecule has 0 aromatic rings. The van der Waals surface area contributed by atoms with Crippen molar-refractivity contribution in [2.75, 3.05) is 12.8 Å². The third kappa shape index (κ3) is 4.08. The van der Waals surface area contributed by atoms with Gasteiger partial charge in [-0.15, -0.1) is 0 Å². The van der Waals surface area contributed by atoms with Crippen LogP contribution in [0.3, 0.4) is 0 Å². The number of nitrogens with one attached hydrogen (secondary N) is 2. The smallest absolute Gasteiger partial charge is 0.208 e. The van der Waals surface area contributed by atoms with Crippen molar-refractivity contribution in [3.05, 3.63) is 11.1 Å². The first-order valence-corrected chi connectivity index (χ1v) is 16.5. The second-order valence-corrected chi connectivity index (χ2v) is 15.8. The van der Waals surface area contributed by atoms with Gasteiger partial charge >= 0.3 is 0 Å². The Kier molecular flexibility index (Phi) is 6.07. The lowest BCUT2D eigenvalue weighted by atomic mass is 9.52. The number of rotatable bonds is 2. The summed E-state index contributed by atoms with van der Waals surface area (Å²) < 4.78 is 33.7. The van der Waals surface area contributed by atoms with E-state index in [4.69, 9.17) is 4.74 Å². The molecule has 0 amide bonds. The van der Waals surface area contributed by atoms with Crippen molar-refractivity contribution in [1.82, 2.24) is 10.0 Å². The summed E-state index contributed by atoms with van der Waals surface area (Å²) in [6, 6.07) is 0.660. The van der Waals surface area contributed by atoms with Crippen LogP contribution in [0.5, 0.6) is 0 Å². The molecule has 6 aliphatic rings. The van der Waals surface area contributed by atoms with Crippen LogP contribution in [0, 0.1) is 40.9 Å². The number of ether oxygens (including phenoxy) is 1. The fourth-order valence-corrected chi connectivity index (χ4v) is 11.1. The highest BCUT2D eigenvalue weighted by Gasteiger charge is 2.59. The SMILES string of the molecule is CC1=C2C[C@H]3[C@@H](CC[C@@H]4C[C@H](NS(C)(=O)=O)CC[C@@]43C)[C@@H]2CC[C@@]2(C1)O[C@@H]1C[C@H](C)CNC1[C@H]2C. The van der Waals surface area contributed by atoms with Gasteiger partial charge in [0.05, 0.1) is 18.0 Å². The van der Waals surface area contributed by atoms with E-state index in [1.165, 1.54) is 51.2 Å². The zero-order chi connectivity index (χ0) is 24.8. The molecule has 1 unspecified atom stereocenters. The molecule has 2 aliphatic heterocycles. The Balaban J connectivity index is 1.22. The van der Waals surface area contributed by atoms with Gasteiger partial charge in [0.15, 0.2) is 0 Å². The lowest BCUT2D eigenvalue weighted by Gasteiger charge is -2.54. The molecule has 5 fully saturated rings. The summed E-state index contributed by atoms with van der Waals surface area (Å²) in [6.07, 6.45) is 13.6. The van der Waals surface area contributed by atoms with Crippen LogP contribution in [-0.4, -0.2) is 45.0 Å². The van der Waals surface area contributed by atoms with E-state index in [-0.39, 0.29) is 11.6 Å². The third-order valence-corrected chi connectivity index (χ3v) is 12.8. The molecule has 0 aromatic carbocycles. The van der Waals surface area contributed by atoms with Crippen molar-refractivity contribution >= 4 is 10.0 Å². The van der Waals surface area contributed by atoms with Gasteiger partial charge in [-0.3, -0.25) is 0 Å². The molecule has 2 heterocycles. The van der Waals surface area contributed by atoms with Crippen molar-refractivity contribution in [2.45, 2.75) is 116 Å². The van der Waals surface area contributed by atoms with Gasteiger partial charge in [-0.05, 0) is 113 Å². The number of piperidine rings is 1. The van der Waals surface area contributed by atoms with Crippen LogP contribution in [0.4, 0.5) is 0 Å². The van der Waals surface area contributed by atoms with E-state index in [1.807, 2.05) is 0 Å². The Morgan fingerprint density at radius 2 is 1.89 bits per heavy atom. The molecule has 2 N–H and O–H groups in total. The van der Waals surface area contributed by atoms with E-state index < -0.39 is 10.0 Å². The van der Waals surface area contributed by atoms with Crippen LogP contribution >= 0.6 is 0 Å². The summed E-state index contributed by atoms with van der Waals surface area (Å²) >= 11 is 0. The van der Waals surface area contributed by atoms with Gasteiger partial charge in [-0.25, -0.2) is 13.1 Å². The maximum atomic E-state index is 11.9. The summed E-state index contributed by atoms with van der Waals surface area (Å²) in [4.78, 5) is 0. The van der Waals surface area contributed by atoms with Crippen molar-refractivity contribution in [3.8, 4) is 0 Å². The molecule has 6 rings (SSSR count). The standard InChI is InChI=1S/C29H48N2O3S/c1-17-12-26-27(30-16-17)19(3)29(34-26)11-9-22-23-7-6-20-13-21(31-35(5,32)33)8-10-28(20,4)25(23)14-24(22)18(2)15-29/h17,19-23,25-27,30-31H,6-16H2,1-5H3/t17-,19+,20+,21+,22-,23-,25-,26+,27?,28-,29-/m0/s1. The Bertz CT molecular complexity index is 994. The monoisotopic (exact) mass is 504 g/mol. The molecule has 1 spiro atoms. The first-order chi connectivity index (χ1) is 16.5. The summed E-state index contributed by atoms with van der Waals surface area (Å²) in [7, 11) is -3.13. The number of hydrogen-bond donors (Lipinski definition) is 2. The molecule has 5 nitrogen and oxygen atoms in total. The molecule has 198 valence electrons. The molecule has 4 aliphatic carbocycles. The Morgan fingerprint density at radius 1 is 1.09 bits per heavy atom. The van der Waals surface area contributed by atoms with Gasteiger partial charge < -0.3 is 10.1 Å². The highest BCUT2D eigenvalue weighted by Crippen LogP contribution is 2.65. The Labute approximate surface area is 213 Å². The number of fused-ring (bicyclic) bond motifs is 6. The molecule has 3 saturated carbocycles. The Morgan fingerprint density at radius 3 is 2.66 bits per heavy atom. The van der Waals surface area contributed by atoms with Crippen LogP contribution in [0.25, 0.3) is 0 Å². The van der Waals surface area contributed by atoms with E-state index in [0.717, 1.165) is 43.6 Å². The van der Waals surface area contributed by atoms with Gasteiger partial charge in [0.2, 0.25) is 10.0 Å². The first kappa shape index (κ1) is 24.9. The van der Waals surface area contributed by atoms with Crippen LogP contribution in [0.2, 0.25) is 0 Å². The lowest BCUT2D eigenvalue weighted by molar-refractivity contribution is -0.0746. The molecule has 0 aromatic heterocycles. The maximum absolute atomic E-state index is 11.9. The van der Waals surface area contributed by atoms with Crippen molar-refractivity contribution in [1.29, 1.82) is 0 Å². The van der Waals surface area contributed by atoms with E-state index in [1.54, 1.807) is 11.1 Å². The summed E-state index contributed by atoms with van der Waals surface area (Å²) in [5, 5.41) is 3.85. The molecule has 11 atom stereocenters. The van der Waals surface area contributed by atoms with Crippen LogP contribution in [0.1, 0.15) is 91.9 Å². The highest BCUT2D eigenvalue weighted by molar-refractivity contribution is 7.88. The molecule has 0 bridgehead atoms. The van der Waals surface area contributed by atoms with Crippen molar-refractivity contribution < 1.29 is 13.2 Å². The zero-order valence-corrected chi connectivity index (χ0v) is 23.4. The molecular weight excluding hydrogens is 456 g/mol. The van der Waals surface area contributed by atoms with Crippen LogP contribution in [0.15, 0.2) is 11.1 Å². The van der Waals surface area contributed by atoms with Gasteiger partial charge in [0, 0.05) is 18.0 Å². The van der Waals surface area contributed by atoms with E-state index >= 15 is 0 Å². The average Bonchev–Trinajstić information content (AvgIpc) is 3.23. The maximum Gasteiger partial charge on any atom is 0.208 e. The van der Waals surface area contributed by atoms with Gasteiger partial charge in [0.1, 0.15) is 0 Å². The second-order valence-electron chi connectivity index (χ2n) is 14.0. The normalized spacial score (nSPS) is 52.0. The van der Waals surface area contributed by atoms with Crippen molar-refractivity contribution in [3.63, 3.8) is 0 Å². The average molecular weight is 505 g/mol. The topological polar surface area (TPSA) is 67.4 Å². The largest absolute Gasteiger partial charge is 0.369 e. The third-order valence-electron chi connectivity index (χ3n) is 12.0. The number of sulfonamides is 1. The fourth-order valence-electron chi connectivity index (χ4n) is 10.2. The summed E-state index contributed by atoms with van der Waals surface area (Å²) in [5.74, 6) is 4.28. The minimum absolute atomic E-state index is 0.0276. The zero-order valence-electron chi connectivity index (χ0n) is 22.6. The number of hydrogen-bond acceptors (Lipinski definition) is 4. The summed E-state index contributed by atoms with van der Waals surface area (Å²) in [5.41, 5.74) is 3.83. The quantitative estimate of drug-likeness (QED) is 0.518. The Hall–Kier alpha value is -0.430. The minimum Gasteiger partial charge on any atom is -0.369 e. The molecule has 6 heteroatoms. The second kappa shape index (κ2) is 8.54. The number of allylic oxidation sites excluding steroid dienone is 1. The summed E-state index contributed by atoms with van der Waals surface area (Å²) in [6.45, 7) is 11.0. The molecule has 35 heavy (non-hydrogen) atoms.